The van der Waals surface area contributed by atoms with Crippen LogP contribution in [-0.4, -0.2) is 24.0 Å². The number of rotatable bonds is 2. The number of amides is 1. The second kappa shape index (κ2) is 7.26. The predicted molar refractivity (Wildman–Crippen MR) is 58.5 cm³/mol. The van der Waals surface area contributed by atoms with Gasteiger partial charge in [-0.2, -0.15) is 0 Å². The molecule has 1 fully saturated rings. The molecule has 4 heteroatoms. The van der Waals surface area contributed by atoms with Crippen LogP contribution in [0.5, 0.6) is 0 Å². The summed E-state index contributed by atoms with van der Waals surface area (Å²) in [5.74, 6) is -0.888. The third-order valence-electron chi connectivity index (χ3n) is 2.69. The van der Waals surface area contributed by atoms with Crippen LogP contribution in [0, 0.1) is 11.8 Å². The summed E-state index contributed by atoms with van der Waals surface area (Å²) in [6, 6.07) is 0. The zero-order valence-electron chi connectivity index (χ0n) is 9.75. The van der Waals surface area contributed by atoms with Crippen molar-refractivity contribution in [3.63, 3.8) is 0 Å². The SMILES string of the molecule is CC.CNC(=O)C1CCC(C(=O)O)CC1. The second-order valence-corrected chi connectivity index (χ2v) is 3.50. The van der Waals surface area contributed by atoms with Crippen molar-refractivity contribution in [3.8, 4) is 0 Å². The van der Waals surface area contributed by atoms with Crippen molar-refractivity contribution in [3.05, 3.63) is 0 Å². The molecular formula is C11H21NO3. The maximum absolute atomic E-state index is 11.2. The zero-order valence-corrected chi connectivity index (χ0v) is 9.75. The molecule has 4 nitrogen and oxygen atoms in total. The molecule has 0 saturated heterocycles. The molecule has 1 saturated carbocycles. The molecule has 0 unspecified atom stereocenters. The summed E-state index contributed by atoms with van der Waals surface area (Å²) in [6.07, 6.45) is 2.67. The van der Waals surface area contributed by atoms with Crippen molar-refractivity contribution in [1.29, 1.82) is 0 Å². The molecule has 1 aliphatic carbocycles. The number of carbonyl (C=O) groups is 2. The van der Waals surface area contributed by atoms with Gasteiger partial charge in [0, 0.05) is 13.0 Å². The summed E-state index contributed by atoms with van der Waals surface area (Å²) < 4.78 is 0. The van der Waals surface area contributed by atoms with Crippen molar-refractivity contribution in [2.24, 2.45) is 11.8 Å². The molecule has 0 spiro atoms. The number of nitrogens with one attached hydrogen (secondary N) is 1. The Bertz CT molecular complexity index is 208. The normalized spacial score (nSPS) is 24.7. The lowest BCUT2D eigenvalue weighted by molar-refractivity contribution is -0.144. The number of hydrogen-bond donors (Lipinski definition) is 2. The number of hydrogen-bond acceptors (Lipinski definition) is 2. The fourth-order valence-corrected chi connectivity index (χ4v) is 1.81. The van der Waals surface area contributed by atoms with E-state index in [9.17, 15) is 9.59 Å². The number of carbonyl (C=O) groups excluding carboxylic acids is 1. The monoisotopic (exact) mass is 215 g/mol. The van der Waals surface area contributed by atoms with E-state index in [2.05, 4.69) is 5.32 Å². The van der Waals surface area contributed by atoms with Gasteiger partial charge in [-0.1, -0.05) is 13.8 Å². The van der Waals surface area contributed by atoms with E-state index in [0.717, 1.165) is 0 Å². The summed E-state index contributed by atoms with van der Waals surface area (Å²) >= 11 is 0. The molecule has 0 aromatic carbocycles. The van der Waals surface area contributed by atoms with Crippen LogP contribution in [0.15, 0.2) is 0 Å². The zero-order chi connectivity index (χ0) is 11.8. The molecule has 0 radical (unpaired) electrons. The van der Waals surface area contributed by atoms with E-state index >= 15 is 0 Å². The molecular weight excluding hydrogens is 194 g/mol. The van der Waals surface area contributed by atoms with Crippen molar-refractivity contribution >= 4 is 11.9 Å². The summed E-state index contributed by atoms with van der Waals surface area (Å²) in [6.45, 7) is 4.00. The highest BCUT2D eigenvalue weighted by Crippen LogP contribution is 2.28. The first kappa shape index (κ1) is 13.9. The molecule has 0 bridgehead atoms. The Morgan fingerprint density at radius 3 is 1.80 bits per heavy atom. The van der Waals surface area contributed by atoms with Crippen molar-refractivity contribution in [2.45, 2.75) is 39.5 Å². The third kappa shape index (κ3) is 4.32. The van der Waals surface area contributed by atoms with Crippen LogP contribution in [0.1, 0.15) is 39.5 Å². The van der Waals surface area contributed by atoms with Crippen LogP contribution >= 0.6 is 0 Å². The average Bonchev–Trinajstić information content (AvgIpc) is 2.31. The Balaban J connectivity index is 0.000000921. The largest absolute Gasteiger partial charge is 0.481 e. The smallest absolute Gasteiger partial charge is 0.306 e. The van der Waals surface area contributed by atoms with Crippen LogP contribution < -0.4 is 5.32 Å². The minimum atomic E-state index is -0.727. The van der Waals surface area contributed by atoms with Gasteiger partial charge < -0.3 is 10.4 Å². The van der Waals surface area contributed by atoms with Gasteiger partial charge in [0.1, 0.15) is 0 Å². The number of carboxylic acids is 1. The first-order chi connectivity index (χ1) is 7.15. The van der Waals surface area contributed by atoms with Crippen LogP contribution in [-0.2, 0) is 9.59 Å². The van der Waals surface area contributed by atoms with E-state index in [0.29, 0.717) is 25.7 Å². The Morgan fingerprint density at radius 1 is 1.07 bits per heavy atom. The Kier molecular flexibility index (Phi) is 6.75. The van der Waals surface area contributed by atoms with E-state index in [1.165, 1.54) is 0 Å². The van der Waals surface area contributed by atoms with E-state index in [4.69, 9.17) is 5.11 Å². The molecule has 0 aliphatic heterocycles. The molecule has 0 aromatic rings. The molecule has 2 N–H and O–H groups in total. The fraction of sp³-hybridized carbons (Fsp3) is 0.818. The molecule has 15 heavy (non-hydrogen) atoms. The van der Waals surface area contributed by atoms with Gasteiger partial charge in [-0.3, -0.25) is 9.59 Å². The van der Waals surface area contributed by atoms with Crippen molar-refractivity contribution in [1.82, 2.24) is 5.32 Å². The lowest BCUT2D eigenvalue weighted by Crippen LogP contribution is -2.32. The molecule has 0 aromatic heterocycles. The molecule has 1 rings (SSSR count). The Labute approximate surface area is 91.1 Å². The van der Waals surface area contributed by atoms with E-state index in [1.807, 2.05) is 13.8 Å². The maximum atomic E-state index is 11.2. The highest BCUT2D eigenvalue weighted by molar-refractivity contribution is 5.79. The topological polar surface area (TPSA) is 66.4 Å². The molecule has 88 valence electrons. The maximum Gasteiger partial charge on any atom is 0.306 e. The van der Waals surface area contributed by atoms with Gasteiger partial charge in [0.25, 0.3) is 0 Å². The molecule has 0 atom stereocenters. The fourth-order valence-electron chi connectivity index (χ4n) is 1.81. The minimum Gasteiger partial charge on any atom is -0.481 e. The quantitative estimate of drug-likeness (QED) is 0.736. The lowest BCUT2D eigenvalue weighted by Gasteiger charge is -2.24. The summed E-state index contributed by atoms with van der Waals surface area (Å²) in [4.78, 5) is 21.8. The highest BCUT2D eigenvalue weighted by Gasteiger charge is 2.28. The van der Waals surface area contributed by atoms with Gasteiger partial charge >= 0.3 is 5.97 Å². The van der Waals surface area contributed by atoms with Gasteiger partial charge in [-0.05, 0) is 25.7 Å². The van der Waals surface area contributed by atoms with Crippen LogP contribution in [0.4, 0.5) is 0 Å². The first-order valence-corrected chi connectivity index (χ1v) is 5.59. The Morgan fingerprint density at radius 2 is 1.47 bits per heavy atom. The van der Waals surface area contributed by atoms with E-state index in [-0.39, 0.29) is 17.7 Å². The van der Waals surface area contributed by atoms with Gasteiger partial charge in [-0.15, -0.1) is 0 Å². The third-order valence-corrected chi connectivity index (χ3v) is 2.69. The standard InChI is InChI=1S/C9H15NO3.C2H6/c1-10-8(11)6-2-4-7(5-3-6)9(12)13;1-2/h6-7H,2-5H2,1H3,(H,10,11)(H,12,13);1-2H3. The predicted octanol–water partition coefficient (Wildman–Crippen LogP) is 1.65. The molecule has 0 heterocycles. The van der Waals surface area contributed by atoms with Crippen molar-refractivity contribution < 1.29 is 14.7 Å². The van der Waals surface area contributed by atoms with Crippen molar-refractivity contribution in [2.75, 3.05) is 7.05 Å². The first-order valence-electron chi connectivity index (χ1n) is 5.59. The van der Waals surface area contributed by atoms with Crippen LogP contribution in [0.3, 0.4) is 0 Å². The lowest BCUT2D eigenvalue weighted by atomic mass is 9.82. The summed E-state index contributed by atoms with van der Waals surface area (Å²) in [5, 5.41) is 11.3. The second-order valence-electron chi connectivity index (χ2n) is 3.50. The Hall–Kier alpha value is -1.06. The van der Waals surface area contributed by atoms with Crippen LogP contribution in [0.2, 0.25) is 0 Å². The van der Waals surface area contributed by atoms with Gasteiger partial charge in [0.05, 0.1) is 5.92 Å². The van der Waals surface area contributed by atoms with E-state index < -0.39 is 5.97 Å². The van der Waals surface area contributed by atoms with E-state index in [1.54, 1.807) is 7.05 Å². The number of aliphatic carboxylic acids is 1. The molecule has 1 amide bonds. The highest BCUT2D eigenvalue weighted by atomic mass is 16.4. The summed E-state index contributed by atoms with van der Waals surface area (Å²) in [5.41, 5.74) is 0. The minimum absolute atomic E-state index is 0.0283. The number of carboxylic acid groups (broad SMARTS) is 1. The van der Waals surface area contributed by atoms with Gasteiger partial charge in [0.2, 0.25) is 5.91 Å². The average molecular weight is 215 g/mol. The summed E-state index contributed by atoms with van der Waals surface area (Å²) in [7, 11) is 1.62. The molecule has 1 aliphatic rings. The van der Waals surface area contributed by atoms with Gasteiger partial charge in [-0.25, -0.2) is 0 Å². The van der Waals surface area contributed by atoms with Crippen LogP contribution in [0.25, 0.3) is 0 Å². The van der Waals surface area contributed by atoms with Gasteiger partial charge in [0.15, 0.2) is 0 Å².